The van der Waals surface area contributed by atoms with Crippen molar-refractivity contribution in [3.05, 3.63) is 0 Å². The Balaban J connectivity index is 2.50. The highest BCUT2D eigenvalue weighted by Gasteiger charge is 2.42. The lowest BCUT2D eigenvalue weighted by Gasteiger charge is -2.42. The van der Waals surface area contributed by atoms with Crippen molar-refractivity contribution in [2.45, 2.75) is 38.4 Å². The number of rotatable bonds is 2. The summed E-state index contributed by atoms with van der Waals surface area (Å²) in [5.74, 6) is -1.12. The Morgan fingerprint density at radius 1 is 1.20 bits per heavy atom. The van der Waals surface area contributed by atoms with Gasteiger partial charge in [0.2, 0.25) is 0 Å². The molecule has 0 aromatic heterocycles. The van der Waals surface area contributed by atoms with Crippen LogP contribution in [0.2, 0.25) is 0 Å². The summed E-state index contributed by atoms with van der Waals surface area (Å²) in [6.45, 7) is 5.41. The zero-order valence-corrected chi connectivity index (χ0v) is 9.27. The monoisotopic (exact) mass is 224 g/mol. The third-order valence-corrected chi connectivity index (χ3v) is 3.31. The summed E-state index contributed by atoms with van der Waals surface area (Å²) in [5, 5.41) is 0. The van der Waals surface area contributed by atoms with Gasteiger partial charge in [-0.1, -0.05) is 0 Å². The first-order chi connectivity index (χ1) is 6.77. The molecule has 0 aliphatic carbocycles. The minimum Gasteiger partial charge on any atom is -0.329 e. The molecule has 0 aromatic rings. The van der Waals surface area contributed by atoms with Gasteiger partial charge in [0, 0.05) is 12.1 Å². The van der Waals surface area contributed by atoms with Gasteiger partial charge in [0.05, 0.1) is 5.92 Å². The maximum absolute atomic E-state index is 12.4. The molecule has 1 heterocycles. The van der Waals surface area contributed by atoms with Crippen molar-refractivity contribution in [2.24, 2.45) is 11.7 Å². The molecule has 0 unspecified atom stereocenters. The molecule has 15 heavy (non-hydrogen) atoms. The fraction of sp³-hybridized carbons (Fsp3) is 1.00. The van der Waals surface area contributed by atoms with E-state index in [1.807, 2.05) is 13.8 Å². The van der Waals surface area contributed by atoms with Gasteiger partial charge in [0.15, 0.2) is 0 Å². The second-order valence-corrected chi connectivity index (χ2v) is 4.82. The summed E-state index contributed by atoms with van der Waals surface area (Å²) in [7, 11) is 0. The van der Waals surface area contributed by atoms with Gasteiger partial charge in [-0.3, -0.25) is 4.90 Å². The highest BCUT2D eigenvalue weighted by atomic mass is 19.4. The van der Waals surface area contributed by atoms with Crippen LogP contribution < -0.4 is 5.73 Å². The van der Waals surface area contributed by atoms with Gasteiger partial charge in [-0.25, -0.2) is 0 Å². The Labute approximate surface area is 88.6 Å². The van der Waals surface area contributed by atoms with Gasteiger partial charge in [0.25, 0.3) is 0 Å². The molecule has 1 fully saturated rings. The number of piperidine rings is 1. The SMILES string of the molecule is CC(C)(CN)N1CCC(C(F)(F)F)CC1. The second kappa shape index (κ2) is 4.29. The Hall–Kier alpha value is -0.290. The van der Waals surface area contributed by atoms with E-state index >= 15 is 0 Å². The number of nitrogens with two attached hydrogens (primary N) is 1. The van der Waals surface area contributed by atoms with Crippen molar-refractivity contribution >= 4 is 0 Å². The highest BCUT2D eigenvalue weighted by Crippen LogP contribution is 2.35. The molecular weight excluding hydrogens is 205 g/mol. The number of hydrogen-bond acceptors (Lipinski definition) is 2. The van der Waals surface area contributed by atoms with Crippen LogP contribution in [0.3, 0.4) is 0 Å². The molecule has 0 bridgehead atoms. The van der Waals surface area contributed by atoms with E-state index in [9.17, 15) is 13.2 Å². The molecule has 0 amide bonds. The van der Waals surface area contributed by atoms with Crippen molar-refractivity contribution < 1.29 is 13.2 Å². The van der Waals surface area contributed by atoms with Crippen LogP contribution in [-0.2, 0) is 0 Å². The standard InChI is InChI=1S/C10H19F3N2/c1-9(2,7-14)15-5-3-8(4-6-15)10(11,12)13/h8H,3-7,14H2,1-2H3. The lowest BCUT2D eigenvalue weighted by molar-refractivity contribution is -0.187. The van der Waals surface area contributed by atoms with Crippen LogP contribution in [-0.4, -0.2) is 36.2 Å². The second-order valence-electron chi connectivity index (χ2n) is 4.82. The molecule has 0 aromatic carbocycles. The lowest BCUT2D eigenvalue weighted by Crippen LogP contribution is -2.53. The predicted octanol–water partition coefficient (Wildman–Crippen LogP) is 2.00. The minimum absolute atomic E-state index is 0.184. The van der Waals surface area contributed by atoms with Crippen molar-refractivity contribution in [1.29, 1.82) is 0 Å². The Bertz CT molecular complexity index is 205. The van der Waals surface area contributed by atoms with E-state index in [1.54, 1.807) is 0 Å². The molecular formula is C10H19F3N2. The van der Waals surface area contributed by atoms with Gasteiger partial charge < -0.3 is 5.73 Å². The third-order valence-electron chi connectivity index (χ3n) is 3.31. The Morgan fingerprint density at radius 3 is 2.00 bits per heavy atom. The van der Waals surface area contributed by atoms with Gasteiger partial charge in [-0.05, 0) is 39.8 Å². The molecule has 5 heteroatoms. The van der Waals surface area contributed by atoms with E-state index in [1.165, 1.54) is 0 Å². The van der Waals surface area contributed by atoms with Crippen LogP contribution in [0.4, 0.5) is 13.2 Å². The molecule has 0 atom stereocenters. The van der Waals surface area contributed by atoms with Crippen LogP contribution in [0.1, 0.15) is 26.7 Å². The van der Waals surface area contributed by atoms with Crippen LogP contribution in [0.15, 0.2) is 0 Å². The lowest BCUT2D eigenvalue weighted by atomic mass is 9.92. The summed E-state index contributed by atoms with van der Waals surface area (Å²) >= 11 is 0. The number of halogens is 3. The van der Waals surface area contributed by atoms with E-state index in [4.69, 9.17) is 5.73 Å². The highest BCUT2D eigenvalue weighted by molar-refractivity contribution is 4.87. The van der Waals surface area contributed by atoms with Crippen molar-refractivity contribution in [2.75, 3.05) is 19.6 Å². The largest absolute Gasteiger partial charge is 0.391 e. The summed E-state index contributed by atoms with van der Waals surface area (Å²) in [6, 6.07) is 0. The first-order valence-corrected chi connectivity index (χ1v) is 5.29. The summed E-state index contributed by atoms with van der Waals surface area (Å²) in [4.78, 5) is 2.05. The fourth-order valence-electron chi connectivity index (χ4n) is 1.94. The number of likely N-dealkylation sites (tertiary alicyclic amines) is 1. The maximum Gasteiger partial charge on any atom is 0.391 e. The minimum atomic E-state index is -4.03. The summed E-state index contributed by atoms with van der Waals surface area (Å²) < 4.78 is 37.2. The molecule has 1 rings (SSSR count). The Morgan fingerprint density at radius 2 is 1.67 bits per heavy atom. The molecule has 1 saturated heterocycles. The smallest absolute Gasteiger partial charge is 0.329 e. The van der Waals surface area contributed by atoms with E-state index in [0.29, 0.717) is 19.6 Å². The Kier molecular flexibility index (Phi) is 3.66. The number of hydrogen-bond donors (Lipinski definition) is 1. The summed E-state index contributed by atoms with van der Waals surface area (Å²) in [6.07, 6.45) is -3.63. The predicted molar refractivity (Wildman–Crippen MR) is 53.5 cm³/mol. The van der Waals surface area contributed by atoms with Crippen molar-refractivity contribution in [3.8, 4) is 0 Å². The quantitative estimate of drug-likeness (QED) is 0.777. The number of nitrogens with zero attached hydrogens (tertiary/aromatic N) is 1. The van der Waals surface area contributed by atoms with Crippen LogP contribution in [0.5, 0.6) is 0 Å². The average Bonchev–Trinajstić information content (AvgIpc) is 2.17. The van der Waals surface area contributed by atoms with E-state index in [0.717, 1.165) is 0 Å². The van der Waals surface area contributed by atoms with Crippen LogP contribution in [0.25, 0.3) is 0 Å². The first-order valence-electron chi connectivity index (χ1n) is 5.29. The zero-order chi connectivity index (χ0) is 11.7. The molecule has 2 N–H and O–H groups in total. The van der Waals surface area contributed by atoms with Crippen LogP contribution >= 0.6 is 0 Å². The fourth-order valence-corrected chi connectivity index (χ4v) is 1.94. The average molecular weight is 224 g/mol. The molecule has 0 radical (unpaired) electrons. The van der Waals surface area contributed by atoms with Gasteiger partial charge in [-0.2, -0.15) is 13.2 Å². The molecule has 1 aliphatic heterocycles. The van der Waals surface area contributed by atoms with Gasteiger partial charge in [0.1, 0.15) is 0 Å². The van der Waals surface area contributed by atoms with E-state index in [2.05, 4.69) is 4.90 Å². The van der Waals surface area contributed by atoms with Crippen molar-refractivity contribution in [3.63, 3.8) is 0 Å². The zero-order valence-electron chi connectivity index (χ0n) is 9.27. The van der Waals surface area contributed by atoms with Crippen LogP contribution in [0, 0.1) is 5.92 Å². The van der Waals surface area contributed by atoms with Gasteiger partial charge >= 0.3 is 6.18 Å². The number of alkyl halides is 3. The summed E-state index contributed by atoms with van der Waals surface area (Å²) in [5.41, 5.74) is 5.41. The first kappa shape index (κ1) is 12.8. The van der Waals surface area contributed by atoms with Crippen molar-refractivity contribution in [1.82, 2.24) is 4.90 Å². The van der Waals surface area contributed by atoms with E-state index in [-0.39, 0.29) is 18.4 Å². The molecule has 0 saturated carbocycles. The maximum atomic E-state index is 12.4. The van der Waals surface area contributed by atoms with Gasteiger partial charge in [-0.15, -0.1) is 0 Å². The third kappa shape index (κ3) is 3.08. The van der Waals surface area contributed by atoms with E-state index < -0.39 is 12.1 Å². The molecule has 1 aliphatic rings. The molecule has 90 valence electrons. The normalized spacial score (nSPS) is 22.0. The molecule has 0 spiro atoms. The molecule has 2 nitrogen and oxygen atoms in total. The topological polar surface area (TPSA) is 29.3 Å².